The first-order chi connectivity index (χ1) is 15.9. The van der Waals surface area contributed by atoms with Gasteiger partial charge >= 0.3 is 6.18 Å². The average molecular weight is 466 g/mol. The van der Waals surface area contributed by atoms with Crippen LogP contribution in [-0.2, 0) is 11.0 Å². The molecule has 0 atom stereocenters. The lowest BCUT2D eigenvalue weighted by atomic mass is 10.1. The number of alkyl halides is 3. The fraction of sp³-hybridized carbons (Fsp3) is 0.0800. The molecule has 1 heterocycles. The first kappa shape index (κ1) is 22.5. The molecule has 8 heteroatoms. The fourth-order valence-corrected chi connectivity index (χ4v) is 3.82. The van der Waals surface area contributed by atoms with Crippen LogP contribution in [0.25, 0.3) is 22.5 Å². The van der Waals surface area contributed by atoms with Crippen LogP contribution < -0.4 is 5.32 Å². The lowest BCUT2D eigenvalue weighted by molar-refractivity contribution is -0.137. The van der Waals surface area contributed by atoms with Crippen LogP contribution in [0.15, 0.2) is 96.2 Å². The number of halogens is 3. The summed E-state index contributed by atoms with van der Waals surface area (Å²) in [6, 6.07) is 25.9. The number of hydrogen-bond acceptors (Lipinski definition) is 4. The van der Waals surface area contributed by atoms with Crippen molar-refractivity contribution in [1.82, 2.24) is 9.97 Å². The Labute approximate surface area is 192 Å². The molecule has 166 valence electrons. The molecule has 0 spiro atoms. The summed E-state index contributed by atoms with van der Waals surface area (Å²) in [7, 11) is 0. The van der Waals surface area contributed by atoms with Gasteiger partial charge in [0, 0.05) is 11.1 Å². The summed E-state index contributed by atoms with van der Waals surface area (Å²) < 4.78 is 39.6. The molecule has 1 amide bonds. The third kappa shape index (κ3) is 5.78. The Kier molecular flexibility index (Phi) is 6.74. The molecule has 4 rings (SSSR count). The number of carbonyl (C=O) groups is 1. The van der Waals surface area contributed by atoms with E-state index in [0.717, 1.165) is 29.0 Å². The third-order valence-electron chi connectivity index (χ3n) is 4.68. The van der Waals surface area contributed by atoms with E-state index in [1.807, 2.05) is 66.7 Å². The predicted octanol–water partition coefficient (Wildman–Crippen LogP) is 6.56. The quantitative estimate of drug-likeness (QED) is 0.259. The number of benzene rings is 3. The second-order valence-electron chi connectivity index (χ2n) is 7.03. The van der Waals surface area contributed by atoms with Gasteiger partial charge in [-0.15, -0.1) is 0 Å². The highest BCUT2D eigenvalue weighted by atomic mass is 32.2. The Morgan fingerprint density at radius 1 is 0.788 bits per heavy atom. The lowest BCUT2D eigenvalue weighted by Crippen LogP contribution is -2.18. The summed E-state index contributed by atoms with van der Waals surface area (Å²) in [4.78, 5) is 21.5. The van der Waals surface area contributed by atoms with Gasteiger partial charge in [-0.2, -0.15) is 13.2 Å². The van der Waals surface area contributed by atoms with Crippen molar-refractivity contribution in [2.24, 2.45) is 0 Å². The number of nitrogens with zero attached hydrogens (tertiary/aromatic N) is 2. The van der Waals surface area contributed by atoms with Crippen LogP contribution in [0.5, 0.6) is 0 Å². The Balaban J connectivity index is 1.56. The van der Waals surface area contributed by atoms with E-state index in [2.05, 4.69) is 15.3 Å². The molecule has 0 saturated carbocycles. The molecule has 0 saturated heterocycles. The zero-order valence-corrected chi connectivity index (χ0v) is 18.0. The van der Waals surface area contributed by atoms with Crippen LogP contribution >= 0.6 is 11.8 Å². The van der Waals surface area contributed by atoms with Crippen molar-refractivity contribution < 1.29 is 18.0 Å². The highest BCUT2D eigenvalue weighted by Gasteiger charge is 2.33. The van der Waals surface area contributed by atoms with E-state index in [1.54, 1.807) is 0 Å². The second-order valence-corrected chi connectivity index (χ2v) is 7.98. The van der Waals surface area contributed by atoms with Crippen molar-refractivity contribution in [2.75, 3.05) is 11.1 Å². The molecule has 1 N–H and O–H groups in total. The van der Waals surface area contributed by atoms with E-state index in [-0.39, 0.29) is 11.4 Å². The highest BCUT2D eigenvalue weighted by molar-refractivity contribution is 7.99. The molecular formula is C25H18F3N3OS. The molecule has 3 aromatic carbocycles. The zero-order chi connectivity index (χ0) is 23.3. The van der Waals surface area contributed by atoms with Gasteiger partial charge in [0.2, 0.25) is 5.91 Å². The second kappa shape index (κ2) is 9.87. The smallest absolute Gasteiger partial charge is 0.325 e. The normalized spacial score (nSPS) is 11.2. The number of anilines is 1. The zero-order valence-electron chi connectivity index (χ0n) is 17.2. The van der Waals surface area contributed by atoms with Crippen molar-refractivity contribution >= 4 is 23.4 Å². The molecule has 1 aromatic heterocycles. The SMILES string of the molecule is O=C(CSc1nc(-c2ccccc2)cc(-c2ccccc2)n1)Nc1ccccc1C(F)(F)F. The topological polar surface area (TPSA) is 54.9 Å². The monoisotopic (exact) mass is 465 g/mol. The van der Waals surface area contributed by atoms with Crippen molar-refractivity contribution in [2.45, 2.75) is 11.3 Å². The van der Waals surface area contributed by atoms with E-state index in [0.29, 0.717) is 16.5 Å². The number of rotatable bonds is 6. The number of thioether (sulfide) groups is 1. The Bertz CT molecular complexity index is 1190. The minimum Gasteiger partial charge on any atom is -0.325 e. The maximum atomic E-state index is 13.2. The number of aromatic nitrogens is 2. The van der Waals surface area contributed by atoms with E-state index in [4.69, 9.17) is 0 Å². The maximum absolute atomic E-state index is 13.2. The summed E-state index contributed by atoms with van der Waals surface area (Å²) in [6.07, 6.45) is -4.56. The summed E-state index contributed by atoms with van der Waals surface area (Å²) in [5, 5.41) is 2.70. The van der Waals surface area contributed by atoms with Gasteiger partial charge in [-0.3, -0.25) is 4.79 Å². The first-order valence-corrected chi connectivity index (χ1v) is 11.0. The van der Waals surface area contributed by atoms with Crippen LogP contribution in [-0.4, -0.2) is 21.6 Å². The Hall–Kier alpha value is -3.65. The third-order valence-corrected chi connectivity index (χ3v) is 5.53. The van der Waals surface area contributed by atoms with Gasteiger partial charge in [-0.25, -0.2) is 9.97 Å². The van der Waals surface area contributed by atoms with E-state index >= 15 is 0 Å². The van der Waals surface area contributed by atoms with E-state index in [9.17, 15) is 18.0 Å². The number of amides is 1. The number of carbonyl (C=O) groups excluding carboxylic acids is 1. The molecule has 0 unspecified atom stereocenters. The van der Waals surface area contributed by atoms with Gasteiger partial charge < -0.3 is 5.32 Å². The van der Waals surface area contributed by atoms with Crippen molar-refractivity contribution in [3.63, 3.8) is 0 Å². The summed E-state index contributed by atoms with van der Waals surface area (Å²) >= 11 is 1.06. The van der Waals surface area contributed by atoms with Crippen LogP contribution in [0.3, 0.4) is 0 Å². The molecular weight excluding hydrogens is 447 g/mol. The highest BCUT2D eigenvalue weighted by Crippen LogP contribution is 2.34. The molecule has 0 bridgehead atoms. The van der Waals surface area contributed by atoms with Gasteiger partial charge in [0.05, 0.1) is 28.4 Å². The van der Waals surface area contributed by atoms with Crippen LogP contribution in [0.4, 0.5) is 18.9 Å². The van der Waals surface area contributed by atoms with E-state index in [1.165, 1.54) is 18.2 Å². The molecule has 0 radical (unpaired) electrons. The first-order valence-electron chi connectivity index (χ1n) is 9.99. The van der Waals surface area contributed by atoms with Gasteiger partial charge in [0.1, 0.15) is 0 Å². The minimum absolute atomic E-state index is 0.140. The molecule has 0 aliphatic heterocycles. The maximum Gasteiger partial charge on any atom is 0.418 e. The lowest BCUT2D eigenvalue weighted by Gasteiger charge is -2.13. The summed E-state index contributed by atoms with van der Waals surface area (Å²) in [5.41, 5.74) is 1.99. The Morgan fingerprint density at radius 2 is 1.30 bits per heavy atom. The van der Waals surface area contributed by atoms with Gasteiger partial charge in [0.15, 0.2) is 5.16 Å². The van der Waals surface area contributed by atoms with Crippen LogP contribution in [0, 0.1) is 0 Å². The Morgan fingerprint density at radius 3 is 1.85 bits per heavy atom. The summed E-state index contributed by atoms with van der Waals surface area (Å²) in [6.45, 7) is 0. The molecule has 0 aliphatic carbocycles. The van der Waals surface area contributed by atoms with Crippen LogP contribution in [0.1, 0.15) is 5.56 Å². The largest absolute Gasteiger partial charge is 0.418 e. The predicted molar refractivity (Wildman–Crippen MR) is 124 cm³/mol. The number of hydrogen-bond donors (Lipinski definition) is 1. The standard InChI is InChI=1S/C25H18F3N3OS/c26-25(27,28)19-13-7-8-14-20(19)29-23(32)16-33-24-30-21(17-9-3-1-4-10-17)15-22(31-24)18-11-5-2-6-12-18/h1-15H,16H2,(H,29,32). The number of para-hydroxylation sites is 1. The van der Waals surface area contributed by atoms with Gasteiger partial charge in [-0.05, 0) is 18.2 Å². The van der Waals surface area contributed by atoms with E-state index < -0.39 is 17.6 Å². The van der Waals surface area contributed by atoms with Crippen molar-refractivity contribution in [3.8, 4) is 22.5 Å². The molecule has 0 fully saturated rings. The van der Waals surface area contributed by atoms with Crippen molar-refractivity contribution in [1.29, 1.82) is 0 Å². The van der Waals surface area contributed by atoms with Gasteiger partial charge in [0.25, 0.3) is 0 Å². The number of nitrogens with one attached hydrogen (secondary N) is 1. The molecule has 4 nitrogen and oxygen atoms in total. The summed E-state index contributed by atoms with van der Waals surface area (Å²) in [5.74, 6) is -0.717. The average Bonchev–Trinajstić information content (AvgIpc) is 2.83. The molecule has 33 heavy (non-hydrogen) atoms. The minimum atomic E-state index is -4.56. The molecule has 4 aromatic rings. The van der Waals surface area contributed by atoms with Crippen molar-refractivity contribution in [3.05, 3.63) is 96.6 Å². The molecule has 0 aliphatic rings. The van der Waals surface area contributed by atoms with Gasteiger partial charge in [-0.1, -0.05) is 84.6 Å². The van der Waals surface area contributed by atoms with Crippen LogP contribution in [0.2, 0.25) is 0 Å². The fourth-order valence-electron chi connectivity index (χ4n) is 3.16.